The number of hydrogen-bond donors (Lipinski definition) is 1. The molecule has 0 aliphatic carbocycles. The summed E-state index contributed by atoms with van der Waals surface area (Å²) in [5, 5.41) is 4.11. The number of ketones is 1. The van der Waals surface area contributed by atoms with Gasteiger partial charge in [0, 0.05) is 12.1 Å². The van der Waals surface area contributed by atoms with Crippen LogP contribution in [0, 0.1) is 0 Å². The minimum Gasteiger partial charge on any atom is -0.399 e. The molecule has 0 amide bonds. The number of benzene rings is 1. The number of anilines is 1. The highest BCUT2D eigenvalue weighted by atomic mass is 32.1. The van der Waals surface area contributed by atoms with E-state index >= 15 is 0 Å². The minimum atomic E-state index is 0.151. The average molecular weight is 257 g/mol. The van der Waals surface area contributed by atoms with Crippen molar-refractivity contribution in [1.29, 1.82) is 0 Å². The lowest BCUT2D eigenvalue weighted by molar-refractivity contribution is -0.114. The van der Waals surface area contributed by atoms with Crippen molar-refractivity contribution in [3.8, 4) is 0 Å². The average Bonchev–Trinajstić information content (AvgIpc) is 2.89. The lowest BCUT2D eigenvalue weighted by Crippen LogP contribution is -1.94. The fraction of sp³-hybridized carbons (Fsp3) is 0.133. The number of allylic oxidation sites excluding steroid dienone is 1. The zero-order valence-corrected chi connectivity index (χ0v) is 10.8. The van der Waals surface area contributed by atoms with Crippen molar-refractivity contribution in [2.45, 2.75) is 12.8 Å². The molecule has 1 heterocycles. The molecule has 0 spiro atoms. The smallest absolute Gasteiger partial charge is 0.156 e. The van der Waals surface area contributed by atoms with E-state index in [1.165, 1.54) is 5.56 Å². The van der Waals surface area contributed by atoms with Gasteiger partial charge in [0.2, 0.25) is 0 Å². The Morgan fingerprint density at radius 1 is 1.22 bits per heavy atom. The predicted molar refractivity (Wildman–Crippen MR) is 77.5 cm³/mol. The van der Waals surface area contributed by atoms with Crippen molar-refractivity contribution in [2.75, 3.05) is 5.73 Å². The Balaban J connectivity index is 1.85. The maximum Gasteiger partial charge on any atom is 0.156 e. The summed E-state index contributed by atoms with van der Waals surface area (Å²) in [6.07, 6.45) is 4.84. The normalized spacial score (nSPS) is 10.9. The van der Waals surface area contributed by atoms with Crippen LogP contribution >= 0.6 is 11.3 Å². The molecule has 2 rings (SSSR count). The van der Waals surface area contributed by atoms with Crippen LogP contribution in [0.5, 0.6) is 0 Å². The Morgan fingerprint density at radius 2 is 2.00 bits per heavy atom. The predicted octanol–water partition coefficient (Wildman–Crippen LogP) is 3.55. The van der Waals surface area contributed by atoms with Crippen molar-refractivity contribution < 1.29 is 4.79 Å². The highest BCUT2D eigenvalue weighted by Crippen LogP contribution is 2.10. The van der Waals surface area contributed by atoms with Crippen LogP contribution in [0.1, 0.15) is 17.5 Å². The first kappa shape index (κ1) is 12.6. The van der Waals surface area contributed by atoms with E-state index in [1.54, 1.807) is 17.4 Å². The Bertz CT molecular complexity index is 526. The number of hydrogen-bond acceptors (Lipinski definition) is 3. The summed E-state index contributed by atoms with van der Waals surface area (Å²) in [7, 11) is 0. The van der Waals surface area contributed by atoms with E-state index in [4.69, 9.17) is 5.73 Å². The van der Waals surface area contributed by atoms with Crippen LogP contribution < -0.4 is 5.73 Å². The fourth-order valence-corrected chi connectivity index (χ4v) is 2.29. The number of thiophene rings is 1. The van der Waals surface area contributed by atoms with Crippen LogP contribution in [0.15, 0.2) is 47.2 Å². The van der Waals surface area contributed by atoms with E-state index in [0.717, 1.165) is 17.7 Å². The maximum atomic E-state index is 11.7. The molecule has 3 heteroatoms. The van der Waals surface area contributed by atoms with Gasteiger partial charge in [-0.15, -0.1) is 0 Å². The fourth-order valence-electron chi connectivity index (χ4n) is 1.58. The number of nitrogens with two attached hydrogens (primary N) is 1. The summed E-state index contributed by atoms with van der Waals surface area (Å²) in [4.78, 5) is 11.7. The lowest BCUT2D eigenvalue weighted by atomic mass is 10.1. The molecule has 0 aliphatic heterocycles. The van der Waals surface area contributed by atoms with Gasteiger partial charge in [0.05, 0.1) is 0 Å². The molecule has 0 radical (unpaired) electrons. The highest BCUT2D eigenvalue weighted by Gasteiger charge is 1.99. The Kier molecular flexibility index (Phi) is 4.31. The molecule has 1 aromatic heterocycles. The molecule has 0 saturated heterocycles. The molecule has 18 heavy (non-hydrogen) atoms. The molecular weight excluding hydrogens is 242 g/mol. The second-order valence-electron chi connectivity index (χ2n) is 4.10. The van der Waals surface area contributed by atoms with Crippen molar-refractivity contribution in [2.24, 2.45) is 0 Å². The van der Waals surface area contributed by atoms with Crippen molar-refractivity contribution in [3.63, 3.8) is 0 Å². The molecule has 1 aromatic carbocycles. The number of carbonyl (C=O) groups is 1. The van der Waals surface area contributed by atoms with Gasteiger partial charge < -0.3 is 5.73 Å². The number of carbonyl (C=O) groups excluding carboxylic acids is 1. The van der Waals surface area contributed by atoms with Crippen LogP contribution in [0.4, 0.5) is 5.69 Å². The molecule has 0 fully saturated rings. The second kappa shape index (κ2) is 6.17. The third-order valence-corrected chi connectivity index (χ3v) is 3.37. The third-order valence-electron chi connectivity index (χ3n) is 2.64. The SMILES string of the molecule is Nc1ccc(/C=C/C(=O)CCc2ccsc2)cc1. The molecule has 2 N–H and O–H groups in total. The van der Waals surface area contributed by atoms with Gasteiger partial charge in [0.15, 0.2) is 5.78 Å². The Morgan fingerprint density at radius 3 is 2.67 bits per heavy atom. The lowest BCUT2D eigenvalue weighted by Gasteiger charge is -1.96. The van der Waals surface area contributed by atoms with Gasteiger partial charge in [-0.2, -0.15) is 11.3 Å². The van der Waals surface area contributed by atoms with Gasteiger partial charge in [-0.3, -0.25) is 4.79 Å². The first-order valence-electron chi connectivity index (χ1n) is 5.81. The number of aryl methyl sites for hydroxylation is 1. The van der Waals surface area contributed by atoms with Crippen molar-refractivity contribution in [3.05, 3.63) is 58.3 Å². The Hall–Kier alpha value is -1.87. The van der Waals surface area contributed by atoms with Gasteiger partial charge in [-0.1, -0.05) is 18.2 Å². The van der Waals surface area contributed by atoms with E-state index in [0.29, 0.717) is 6.42 Å². The highest BCUT2D eigenvalue weighted by molar-refractivity contribution is 7.07. The molecule has 0 bridgehead atoms. The van der Waals surface area contributed by atoms with Crippen LogP contribution in [0.3, 0.4) is 0 Å². The Labute approximate surface area is 111 Å². The van der Waals surface area contributed by atoms with Gasteiger partial charge in [0.1, 0.15) is 0 Å². The first-order chi connectivity index (χ1) is 8.74. The van der Waals surface area contributed by atoms with Crippen molar-refractivity contribution in [1.82, 2.24) is 0 Å². The largest absolute Gasteiger partial charge is 0.399 e. The van der Waals surface area contributed by atoms with Gasteiger partial charge >= 0.3 is 0 Å². The van der Waals surface area contributed by atoms with E-state index in [9.17, 15) is 4.79 Å². The summed E-state index contributed by atoms with van der Waals surface area (Å²) in [6, 6.07) is 9.52. The molecule has 92 valence electrons. The van der Waals surface area contributed by atoms with E-state index in [-0.39, 0.29) is 5.78 Å². The van der Waals surface area contributed by atoms with Crippen LogP contribution in [-0.2, 0) is 11.2 Å². The molecule has 2 nitrogen and oxygen atoms in total. The quantitative estimate of drug-likeness (QED) is 0.657. The monoisotopic (exact) mass is 257 g/mol. The van der Waals surface area contributed by atoms with Crippen molar-refractivity contribution >= 4 is 28.9 Å². The molecule has 0 saturated carbocycles. The van der Waals surface area contributed by atoms with E-state index in [1.807, 2.05) is 35.7 Å². The third kappa shape index (κ3) is 3.86. The zero-order valence-electron chi connectivity index (χ0n) is 10.0. The van der Waals surface area contributed by atoms with Gasteiger partial charge in [-0.05, 0) is 52.6 Å². The minimum absolute atomic E-state index is 0.151. The molecule has 0 unspecified atom stereocenters. The van der Waals surface area contributed by atoms with Crippen LogP contribution in [-0.4, -0.2) is 5.78 Å². The number of rotatable bonds is 5. The summed E-state index contributed by atoms with van der Waals surface area (Å²) in [5.74, 6) is 0.151. The summed E-state index contributed by atoms with van der Waals surface area (Å²) >= 11 is 1.66. The van der Waals surface area contributed by atoms with Gasteiger partial charge in [0.25, 0.3) is 0 Å². The standard InChI is InChI=1S/C15H15NOS/c16-14-5-1-12(2-6-14)3-7-15(17)8-4-13-9-10-18-11-13/h1-3,5-7,9-11H,4,8,16H2/b7-3+. The second-order valence-corrected chi connectivity index (χ2v) is 4.88. The first-order valence-corrected chi connectivity index (χ1v) is 6.76. The molecular formula is C15H15NOS. The maximum absolute atomic E-state index is 11.7. The van der Waals surface area contributed by atoms with Crippen LogP contribution in [0.2, 0.25) is 0 Å². The zero-order chi connectivity index (χ0) is 12.8. The molecule has 0 aliphatic rings. The van der Waals surface area contributed by atoms with E-state index in [2.05, 4.69) is 11.4 Å². The van der Waals surface area contributed by atoms with E-state index < -0.39 is 0 Å². The van der Waals surface area contributed by atoms with Gasteiger partial charge in [-0.25, -0.2) is 0 Å². The molecule has 0 atom stereocenters. The summed E-state index contributed by atoms with van der Waals surface area (Å²) in [5.41, 5.74) is 8.55. The van der Waals surface area contributed by atoms with Crippen LogP contribution in [0.25, 0.3) is 6.08 Å². The topological polar surface area (TPSA) is 43.1 Å². The number of nitrogen functional groups attached to an aromatic ring is 1. The summed E-state index contributed by atoms with van der Waals surface area (Å²) in [6.45, 7) is 0. The molecule has 2 aromatic rings. The summed E-state index contributed by atoms with van der Waals surface area (Å²) < 4.78 is 0.